The second-order valence-corrected chi connectivity index (χ2v) is 8.12. The Morgan fingerprint density at radius 2 is 2.00 bits per heavy atom. The van der Waals surface area contributed by atoms with E-state index in [4.69, 9.17) is 4.74 Å². The molecule has 1 aromatic rings. The molecule has 1 aromatic carbocycles. The summed E-state index contributed by atoms with van der Waals surface area (Å²) in [5, 5.41) is 3.55. The third-order valence-electron chi connectivity index (χ3n) is 4.56. The van der Waals surface area contributed by atoms with Gasteiger partial charge in [-0.25, -0.2) is 0 Å². The maximum atomic E-state index is 5.79. The predicted octanol–water partition coefficient (Wildman–Crippen LogP) is 4.27. The van der Waals surface area contributed by atoms with Crippen LogP contribution in [0.1, 0.15) is 59.1 Å². The third-order valence-corrected chi connectivity index (χ3v) is 4.56. The Balaban J connectivity index is 2.07. The van der Waals surface area contributed by atoms with E-state index in [1.54, 1.807) is 0 Å². The summed E-state index contributed by atoms with van der Waals surface area (Å²) in [6, 6.07) is 6.76. The van der Waals surface area contributed by atoms with Crippen molar-refractivity contribution in [2.75, 3.05) is 19.7 Å². The van der Waals surface area contributed by atoms with E-state index in [0.29, 0.717) is 5.92 Å². The summed E-state index contributed by atoms with van der Waals surface area (Å²) in [6.45, 7) is 16.7. The molecule has 0 unspecified atom stereocenters. The smallest absolute Gasteiger partial charge is 0.123 e. The van der Waals surface area contributed by atoms with E-state index in [1.165, 1.54) is 11.1 Å². The second kappa shape index (κ2) is 6.00. The molecule has 0 aromatic heterocycles. The first-order valence-electron chi connectivity index (χ1n) is 8.21. The molecule has 2 rings (SSSR count). The zero-order chi connectivity index (χ0) is 15.7. The van der Waals surface area contributed by atoms with Gasteiger partial charge in [-0.3, -0.25) is 0 Å². The minimum atomic E-state index is 0.136. The van der Waals surface area contributed by atoms with E-state index in [9.17, 15) is 0 Å². The fourth-order valence-corrected chi connectivity index (χ4v) is 2.88. The maximum Gasteiger partial charge on any atom is 0.123 e. The van der Waals surface area contributed by atoms with Crippen LogP contribution in [0.4, 0.5) is 0 Å². The van der Waals surface area contributed by atoms with Crippen molar-refractivity contribution in [1.82, 2.24) is 5.32 Å². The van der Waals surface area contributed by atoms with Gasteiger partial charge in [0, 0.05) is 11.0 Å². The zero-order valence-corrected chi connectivity index (χ0v) is 14.5. The lowest BCUT2D eigenvalue weighted by Crippen LogP contribution is -2.28. The van der Waals surface area contributed by atoms with Gasteiger partial charge in [0.1, 0.15) is 5.75 Å². The van der Waals surface area contributed by atoms with Crippen LogP contribution in [0.25, 0.3) is 0 Å². The second-order valence-electron chi connectivity index (χ2n) is 8.12. The van der Waals surface area contributed by atoms with E-state index in [1.807, 2.05) is 0 Å². The van der Waals surface area contributed by atoms with Crippen molar-refractivity contribution in [1.29, 1.82) is 0 Å². The average molecular weight is 289 g/mol. The normalized spacial score (nSPS) is 16.9. The van der Waals surface area contributed by atoms with Crippen LogP contribution in [0.3, 0.4) is 0 Å². The van der Waals surface area contributed by atoms with E-state index >= 15 is 0 Å². The Morgan fingerprint density at radius 1 is 1.29 bits per heavy atom. The molecule has 0 spiro atoms. The number of rotatable bonds is 6. The Bertz CT molecular complexity index is 488. The molecule has 1 heterocycles. The molecule has 0 saturated carbocycles. The molecule has 2 nitrogen and oxygen atoms in total. The summed E-state index contributed by atoms with van der Waals surface area (Å²) in [4.78, 5) is 0. The molecule has 1 aliphatic heterocycles. The Kier molecular flexibility index (Phi) is 4.67. The molecular weight excluding hydrogens is 258 g/mol. The molecule has 21 heavy (non-hydrogen) atoms. The third kappa shape index (κ3) is 3.79. The number of hydrogen-bond donors (Lipinski definition) is 1. The lowest BCUT2D eigenvalue weighted by atomic mass is 9.78. The van der Waals surface area contributed by atoms with Crippen molar-refractivity contribution in [2.24, 2.45) is 5.92 Å². The molecule has 0 aliphatic carbocycles. The van der Waals surface area contributed by atoms with Gasteiger partial charge in [-0.2, -0.15) is 0 Å². The predicted molar refractivity (Wildman–Crippen MR) is 90.3 cm³/mol. The van der Waals surface area contributed by atoms with Crippen LogP contribution in [0.2, 0.25) is 0 Å². The van der Waals surface area contributed by atoms with Crippen molar-refractivity contribution in [2.45, 2.75) is 58.8 Å². The van der Waals surface area contributed by atoms with Gasteiger partial charge in [0.25, 0.3) is 0 Å². The summed E-state index contributed by atoms with van der Waals surface area (Å²) >= 11 is 0. The van der Waals surface area contributed by atoms with Crippen LogP contribution in [0.5, 0.6) is 5.75 Å². The Hall–Kier alpha value is -1.02. The standard InChI is InChI=1S/C19H31NO/c1-14(2)12-20-10-9-18(3,4)15-7-8-17-16(11-15)19(5,6)13-21-17/h7-8,11,14,20H,9-10,12-13H2,1-6H3. The fourth-order valence-electron chi connectivity index (χ4n) is 2.88. The van der Waals surface area contributed by atoms with E-state index < -0.39 is 0 Å². The maximum absolute atomic E-state index is 5.79. The van der Waals surface area contributed by atoms with Crippen LogP contribution in [0, 0.1) is 5.92 Å². The molecule has 0 radical (unpaired) electrons. The number of hydrogen-bond acceptors (Lipinski definition) is 2. The lowest BCUT2D eigenvalue weighted by Gasteiger charge is -2.27. The Morgan fingerprint density at radius 3 is 2.67 bits per heavy atom. The lowest BCUT2D eigenvalue weighted by molar-refractivity contribution is 0.291. The summed E-state index contributed by atoms with van der Waals surface area (Å²) in [6.07, 6.45) is 1.15. The molecule has 0 bridgehead atoms. The van der Waals surface area contributed by atoms with Gasteiger partial charge in [-0.15, -0.1) is 0 Å². The molecule has 2 heteroatoms. The topological polar surface area (TPSA) is 21.3 Å². The molecule has 1 N–H and O–H groups in total. The van der Waals surface area contributed by atoms with Gasteiger partial charge in [-0.05, 0) is 42.5 Å². The summed E-state index contributed by atoms with van der Waals surface area (Å²) in [7, 11) is 0. The number of fused-ring (bicyclic) bond motifs is 1. The van der Waals surface area contributed by atoms with Crippen molar-refractivity contribution < 1.29 is 4.74 Å². The van der Waals surface area contributed by atoms with Gasteiger partial charge >= 0.3 is 0 Å². The number of benzene rings is 1. The quantitative estimate of drug-likeness (QED) is 0.790. The van der Waals surface area contributed by atoms with Crippen molar-refractivity contribution in [3.8, 4) is 5.75 Å². The molecule has 0 fully saturated rings. The largest absolute Gasteiger partial charge is 0.492 e. The monoisotopic (exact) mass is 289 g/mol. The Labute approximate surface area is 130 Å². The van der Waals surface area contributed by atoms with Gasteiger partial charge in [0.2, 0.25) is 0 Å². The highest BCUT2D eigenvalue weighted by Crippen LogP contribution is 2.41. The van der Waals surface area contributed by atoms with Crippen LogP contribution in [-0.2, 0) is 10.8 Å². The summed E-state index contributed by atoms with van der Waals surface area (Å²) in [5.41, 5.74) is 3.11. The van der Waals surface area contributed by atoms with Gasteiger partial charge < -0.3 is 10.1 Å². The number of ether oxygens (including phenoxy) is 1. The summed E-state index contributed by atoms with van der Waals surface area (Å²) in [5.74, 6) is 1.78. The highest BCUT2D eigenvalue weighted by Gasteiger charge is 2.33. The van der Waals surface area contributed by atoms with E-state index in [0.717, 1.165) is 31.9 Å². The van der Waals surface area contributed by atoms with Crippen LogP contribution in [-0.4, -0.2) is 19.7 Å². The molecule has 0 atom stereocenters. The SMILES string of the molecule is CC(C)CNCCC(C)(C)c1ccc2c(c1)C(C)(C)CO2. The summed E-state index contributed by atoms with van der Waals surface area (Å²) < 4.78 is 5.79. The minimum absolute atomic E-state index is 0.136. The van der Waals surface area contributed by atoms with Crippen LogP contribution in [0.15, 0.2) is 18.2 Å². The highest BCUT2D eigenvalue weighted by atomic mass is 16.5. The van der Waals surface area contributed by atoms with Crippen molar-refractivity contribution in [3.63, 3.8) is 0 Å². The van der Waals surface area contributed by atoms with Gasteiger partial charge in [0.15, 0.2) is 0 Å². The van der Waals surface area contributed by atoms with E-state index in [2.05, 4.69) is 65.1 Å². The van der Waals surface area contributed by atoms with Gasteiger partial charge in [-0.1, -0.05) is 53.7 Å². The van der Waals surface area contributed by atoms with Crippen molar-refractivity contribution in [3.05, 3.63) is 29.3 Å². The average Bonchev–Trinajstić information content (AvgIpc) is 2.70. The first-order chi connectivity index (χ1) is 9.72. The van der Waals surface area contributed by atoms with Crippen molar-refractivity contribution >= 4 is 0 Å². The van der Waals surface area contributed by atoms with Crippen LogP contribution >= 0.6 is 0 Å². The minimum Gasteiger partial charge on any atom is -0.492 e. The molecule has 0 amide bonds. The zero-order valence-electron chi connectivity index (χ0n) is 14.5. The highest BCUT2D eigenvalue weighted by molar-refractivity contribution is 5.46. The first-order valence-corrected chi connectivity index (χ1v) is 8.21. The molecule has 118 valence electrons. The molecule has 1 aliphatic rings. The molecule has 0 saturated heterocycles. The first kappa shape index (κ1) is 16.4. The number of nitrogens with one attached hydrogen (secondary N) is 1. The van der Waals surface area contributed by atoms with Gasteiger partial charge in [0.05, 0.1) is 6.61 Å². The fraction of sp³-hybridized carbons (Fsp3) is 0.684. The van der Waals surface area contributed by atoms with Crippen LogP contribution < -0.4 is 10.1 Å². The van der Waals surface area contributed by atoms with E-state index in [-0.39, 0.29) is 10.8 Å². The molecular formula is C19H31NO.